The fraction of sp³-hybridized carbons (Fsp3) is 0.417. The van der Waals surface area contributed by atoms with Gasteiger partial charge < -0.3 is 9.47 Å². The SMILES string of the molecule is CCOC(=O)c1ccc(OCC)cc1C. The zero-order valence-electron chi connectivity index (χ0n) is 9.37. The molecule has 3 heteroatoms. The lowest BCUT2D eigenvalue weighted by molar-refractivity contribution is 0.0525. The van der Waals surface area contributed by atoms with E-state index < -0.39 is 0 Å². The normalized spacial score (nSPS) is 9.80. The predicted octanol–water partition coefficient (Wildman–Crippen LogP) is 2.57. The summed E-state index contributed by atoms with van der Waals surface area (Å²) < 4.78 is 10.3. The molecule has 0 fully saturated rings. The van der Waals surface area contributed by atoms with Crippen LogP contribution in [0.3, 0.4) is 0 Å². The van der Waals surface area contributed by atoms with Crippen LogP contribution in [-0.4, -0.2) is 19.2 Å². The molecule has 15 heavy (non-hydrogen) atoms. The molecule has 1 aromatic rings. The third kappa shape index (κ3) is 2.98. The van der Waals surface area contributed by atoms with E-state index in [1.165, 1.54) is 0 Å². The molecule has 0 spiro atoms. The minimum atomic E-state index is -0.280. The number of hydrogen-bond donors (Lipinski definition) is 0. The van der Waals surface area contributed by atoms with Crippen LogP contribution < -0.4 is 4.74 Å². The Balaban J connectivity index is 2.87. The molecule has 1 aromatic carbocycles. The first kappa shape index (κ1) is 11.6. The van der Waals surface area contributed by atoms with Gasteiger partial charge in [-0.15, -0.1) is 0 Å². The van der Waals surface area contributed by atoms with Crippen molar-refractivity contribution < 1.29 is 14.3 Å². The van der Waals surface area contributed by atoms with Gasteiger partial charge >= 0.3 is 5.97 Å². The molecule has 0 N–H and O–H groups in total. The van der Waals surface area contributed by atoms with Gasteiger partial charge in [-0.05, 0) is 44.5 Å². The Bertz CT molecular complexity index is 345. The van der Waals surface area contributed by atoms with Gasteiger partial charge in [-0.2, -0.15) is 0 Å². The van der Waals surface area contributed by atoms with Crippen LogP contribution in [0.2, 0.25) is 0 Å². The first-order valence-electron chi connectivity index (χ1n) is 5.09. The number of hydrogen-bond acceptors (Lipinski definition) is 3. The van der Waals surface area contributed by atoms with Crippen molar-refractivity contribution in [2.45, 2.75) is 20.8 Å². The molecule has 0 bridgehead atoms. The van der Waals surface area contributed by atoms with Gasteiger partial charge in [0.2, 0.25) is 0 Å². The molecule has 0 saturated carbocycles. The number of benzene rings is 1. The molecule has 0 saturated heterocycles. The summed E-state index contributed by atoms with van der Waals surface area (Å²) in [4.78, 5) is 11.5. The number of carbonyl (C=O) groups is 1. The van der Waals surface area contributed by atoms with Crippen LogP contribution >= 0.6 is 0 Å². The molecule has 0 aliphatic carbocycles. The molecule has 0 amide bonds. The molecule has 0 heterocycles. The summed E-state index contributed by atoms with van der Waals surface area (Å²) in [5.41, 5.74) is 1.47. The van der Waals surface area contributed by atoms with Gasteiger partial charge in [0, 0.05) is 0 Å². The van der Waals surface area contributed by atoms with Crippen molar-refractivity contribution in [3.8, 4) is 5.75 Å². The maximum absolute atomic E-state index is 11.5. The maximum Gasteiger partial charge on any atom is 0.338 e. The highest BCUT2D eigenvalue weighted by Gasteiger charge is 2.10. The van der Waals surface area contributed by atoms with Crippen LogP contribution in [-0.2, 0) is 4.74 Å². The third-order valence-corrected chi connectivity index (χ3v) is 2.00. The topological polar surface area (TPSA) is 35.5 Å². The highest BCUT2D eigenvalue weighted by Crippen LogP contribution is 2.17. The molecule has 0 aromatic heterocycles. The van der Waals surface area contributed by atoms with E-state index >= 15 is 0 Å². The summed E-state index contributed by atoms with van der Waals surface area (Å²) in [7, 11) is 0. The van der Waals surface area contributed by atoms with Crippen LogP contribution in [0, 0.1) is 6.92 Å². The smallest absolute Gasteiger partial charge is 0.338 e. The van der Waals surface area contributed by atoms with Crippen molar-refractivity contribution in [2.24, 2.45) is 0 Å². The Labute approximate surface area is 90.0 Å². The van der Waals surface area contributed by atoms with Gasteiger partial charge in [0.15, 0.2) is 0 Å². The number of esters is 1. The lowest BCUT2D eigenvalue weighted by atomic mass is 10.1. The average Bonchev–Trinajstić information content (AvgIpc) is 2.18. The average molecular weight is 208 g/mol. The van der Waals surface area contributed by atoms with E-state index in [-0.39, 0.29) is 5.97 Å². The summed E-state index contributed by atoms with van der Waals surface area (Å²) in [5.74, 6) is 0.501. The van der Waals surface area contributed by atoms with E-state index in [9.17, 15) is 4.79 Å². The quantitative estimate of drug-likeness (QED) is 0.713. The van der Waals surface area contributed by atoms with E-state index in [0.29, 0.717) is 18.8 Å². The second kappa shape index (κ2) is 5.39. The van der Waals surface area contributed by atoms with Crippen LogP contribution in [0.4, 0.5) is 0 Å². The zero-order valence-corrected chi connectivity index (χ0v) is 9.37. The Morgan fingerprint density at radius 2 is 2.00 bits per heavy atom. The first-order valence-corrected chi connectivity index (χ1v) is 5.09. The summed E-state index contributed by atoms with van der Waals surface area (Å²) >= 11 is 0. The minimum Gasteiger partial charge on any atom is -0.494 e. The van der Waals surface area contributed by atoms with Crippen LogP contribution in [0.15, 0.2) is 18.2 Å². The number of carbonyl (C=O) groups excluding carboxylic acids is 1. The van der Waals surface area contributed by atoms with E-state index in [4.69, 9.17) is 9.47 Å². The van der Waals surface area contributed by atoms with Gasteiger partial charge in [0.25, 0.3) is 0 Å². The van der Waals surface area contributed by atoms with Gasteiger partial charge in [-0.3, -0.25) is 0 Å². The molecule has 0 aliphatic rings. The Morgan fingerprint density at radius 3 is 2.53 bits per heavy atom. The summed E-state index contributed by atoms with van der Waals surface area (Å²) in [6.07, 6.45) is 0. The molecule has 0 aliphatic heterocycles. The second-order valence-electron chi connectivity index (χ2n) is 3.13. The predicted molar refractivity (Wildman–Crippen MR) is 58.3 cm³/mol. The highest BCUT2D eigenvalue weighted by atomic mass is 16.5. The number of aryl methyl sites for hydroxylation is 1. The lowest BCUT2D eigenvalue weighted by Gasteiger charge is -2.08. The van der Waals surface area contributed by atoms with E-state index in [2.05, 4.69) is 0 Å². The first-order chi connectivity index (χ1) is 7.19. The van der Waals surface area contributed by atoms with Gasteiger partial charge in [-0.25, -0.2) is 4.79 Å². The molecule has 82 valence electrons. The number of ether oxygens (including phenoxy) is 2. The zero-order chi connectivity index (χ0) is 11.3. The van der Waals surface area contributed by atoms with E-state index in [0.717, 1.165) is 11.3 Å². The standard InChI is InChI=1S/C12H16O3/c1-4-14-10-6-7-11(9(3)8-10)12(13)15-5-2/h6-8H,4-5H2,1-3H3. The highest BCUT2D eigenvalue weighted by molar-refractivity contribution is 5.91. The molecule has 0 radical (unpaired) electrons. The fourth-order valence-electron chi connectivity index (χ4n) is 1.33. The minimum absolute atomic E-state index is 0.280. The second-order valence-corrected chi connectivity index (χ2v) is 3.13. The lowest BCUT2D eigenvalue weighted by Crippen LogP contribution is -2.06. The summed E-state index contributed by atoms with van der Waals surface area (Å²) in [5, 5.41) is 0. The number of rotatable bonds is 4. The maximum atomic E-state index is 11.5. The largest absolute Gasteiger partial charge is 0.494 e. The van der Waals surface area contributed by atoms with Crippen LogP contribution in [0.25, 0.3) is 0 Å². The molecular formula is C12H16O3. The van der Waals surface area contributed by atoms with E-state index in [1.54, 1.807) is 19.1 Å². The van der Waals surface area contributed by atoms with E-state index in [1.807, 2.05) is 19.9 Å². The van der Waals surface area contributed by atoms with Gasteiger partial charge in [-0.1, -0.05) is 0 Å². The van der Waals surface area contributed by atoms with Crippen molar-refractivity contribution in [2.75, 3.05) is 13.2 Å². The van der Waals surface area contributed by atoms with Crippen LogP contribution in [0.1, 0.15) is 29.8 Å². The van der Waals surface area contributed by atoms with Crippen molar-refractivity contribution in [3.63, 3.8) is 0 Å². The Hall–Kier alpha value is -1.51. The molecule has 0 unspecified atom stereocenters. The van der Waals surface area contributed by atoms with Crippen molar-refractivity contribution in [1.82, 2.24) is 0 Å². The molecule has 3 nitrogen and oxygen atoms in total. The third-order valence-electron chi connectivity index (χ3n) is 2.00. The van der Waals surface area contributed by atoms with Crippen molar-refractivity contribution in [1.29, 1.82) is 0 Å². The van der Waals surface area contributed by atoms with Crippen molar-refractivity contribution >= 4 is 5.97 Å². The Morgan fingerprint density at radius 1 is 1.27 bits per heavy atom. The van der Waals surface area contributed by atoms with Crippen LogP contribution in [0.5, 0.6) is 5.75 Å². The summed E-state index contributed by atoms with van der Waals surface area (Å²) in [6, 6.07) is 5.36. The molecule has 0 atom stereocenters. The van der Waals surface area contributed by atoms with Gasteiger partial charge in [0.05, 0.1) is 18.8 Å². The Kier molecular flexibility index (Phi) is 4.16. The fourth-order valence-corrected chi connectivity index (χ4v) is 1.33. The van der Waals surface area contributed by atoms with Gasteiger partial charge in [0.1, 0.15) is 5.75 Å². The summed E-state index contributed by atoms with van der Waals surface area (Å²) in [6.45, 7) is 6.61. The van der Waals surface area contributed by atoms with Crippen molar-refractivity contribution in [3.05, 3.63) is 29.3 Å². The monoisotopic (exact) mass is 208 g/mol. The molecule has 1 rings (SSSR count). The molecular weight excluding hydrogens is 192 g/mol.